The van der Waals surface area contributed by atoms with E-state index in [1.807, 2.05) is 23.1 Å². The molecule has 2 heterocycles. The summed E-state index contributed by atoms with van der Waals surface area (Å²) >= 11 is 0. The summed E-state index contributed by atoms with van der Waals surface area (Å²) in [5.74, 6) is 0.177. The zero-order valence-electron chi connectivity index (χ0n) is 16.5. The molecule has 5 nitrogen and oxygen atoms in total. The Morgan fingerprint density at radius 3 is 2.30 bits per heavy atom. The first-order chi connectivity index (χ1) is 14.4. The Hall–Kier alpha value is -2.74. The van der Waals surface area contributed by atoms with Crippen molar-refractivity contribution in [1.29, 1.82) is 0 Å². The predicted octanol–water partition coefficient (Wildman–Crippen LogP) is 3.71. The number of carbonyl (C=O) groups excluding carboxylic acids is 1. The maximum Gasteiger partial charge on any atom is 0.416 e. The number of amides is 2. The van der Waals surface area contributed by atoms with E-state index in [1.54, 1.807) is 4.90 Å². The van der Waals surface area contributed by atoms with E-state index in [4.69, 9.17) is 4.74 Å². The molecule has 2 aromatic carbocycles. The Morgan fingerprint density at radius 1 is 0.933 bits per heavy atom. The molecule has 0 saturated carbocycles. The quantitative estimate of drug-likeness (QED) is 0.758. The number of alkyl halides is 3. The van der Waals surface area contributed by atoms with Gasteiger partial charge in [0, 0.05) is 32.7 Å². The molecular weight excluding hydrogens is 395 g/mol. The van der Waals surface area contributed by atoms with Crippen molar-refractivity contribution in [2.24, 2.45) is 0 Å². The highest BCUT2D eigenvalue weighted by Gasteiger charge is 2.36. The lowest BCUT2D eigenvalue weighted by atomic mass is 10.1. The van der Waals surface area contributed by atoms with Gasteiger partial charge in [0.15, 0.2) is 0 Å². The SMILES string of the molecule is O=C(N1CCN(Cc2ccccc2)CC1)N1CC(Oc2cccc(C(F)(F)F)c2)C1. The standard InChI is InChI=1S/C22H24F3N3O2/c23-22(24,25)18-7-4-8-19(13-18)30-20-15-28(16-20)21(29)27-11-9-26(10-12-27)14-17-5-2-1-3-6-17/h1-8,13,20H,9-12,14-16H2. The molecule has 0 radical (unpaired) electrons. The van der Waals surface area contributed by atoms with Gasteiger partial charge in [-0.2, -0.15) is 13.2 Å². The molecule has 160 valence electrons. The van der Waals surface area contributed by atoms with E-state index < -0.39 is 11.7 Å². The van der Waals surface area contributed by atoms with Gasteiger partial charge in [0.05, 0.1) is 18.7 Å². The van der Waals surface area contributed by atoms with Crippen molar-refractivity contribution in [3.63, 3.8) is 0 Å². The van der Waals surface area contributed by atoms with Crippen LogP contribution in [0.4, 0.5) is 18.0 Å². The van der Waals surface area contributed by atoms with Crippen LogP contribution in [0.5, 0.6) is 5.75 Å². The summed E-state index contributed by atoms with van der Waals surface area (Å²) in [6, 6.07) is 15.1. The lowest BCUT2D eigenvalue weighted by Crippen LogP contribution is -2.61. The minimum Gasteiger partial charge on any atom is -0.487 e. The van der Waals surface area contributed by atoms with E-state index >= 15 is 0 Å². The molecular formula is C22H24F3N3O2. The third-order valence-corrected chi connectivity index (χ3v) is 5.47. The molecule has 0 atom stereocenters. The molecule has 0 spiro atoms. The van der Waals surface area contributed by atoms with Gasteiger partial charge in [0.1, 0.15) is 11.9 Å². The Kier molecular flexibility index (Phi) is 5.85. The number of likely N-dealkylation sites (tertiary alicyclic amines) is 1. The van der Waals surface area contributed by atoms with E-state index in [-0.39, 0.29) is 17.9 Å². The van der Waals surface area contributed by atoms with Gasteiger partial charge in [0.25, 0.3) is 0 Å². The van der Waals surface area contributed by atoms with Gasteiger partial charge in [-0.05, 0) is 23.8 Å². The predicted molar refractivity (Wildman–Crippen MR) is 106 cm³/mol. The third kappa shape index (κ3) is 4.87. The first-order valence-corrected chi connectivity index (χ1v) is 10.0. The molecule has 2 aromatic rings. The molecule has 30 heavy (non-hydrogen) atoms. The minimum atomic E-state index is -4.40. The van der Waals surface area contributed by atoms with Crippen molar-refractivity contribution < 1.29 is 22.7 Å². The van der Waals surface area contributed by atoms with Gasteiger partial charge < -0.3 is 14.5 Å². The number of rotatable bonds is 4. The smallest absolute Gasteiger partial charge is 0.416 e. The minimum absolute atomic E-state index is 0.0294. The van der Waals surface area contributed by atoms with Gasteiger partial charge in [0.2, 0.25) is 0 Å². The number of carbonyl (C=O) groups is 1. The topological polar surface area (TPSA) is 36.0 Å². The van der Waals surface area contributed by atoms with Gasteiger partial charge in [-0.3, -0.25) is 4.90 Å². The zero-order chi connectivity index (χ0) is 21.1. The first kappa shape index (κ1) is 20.5. The number of nitrogens with zero attached hydrogens (tertiary/aromatic N) is 3. The van der Waals surface area contributed by atoms with Gasteiger partial charge in [-0.25, -0.2) is 4.79 Å². The number of urea groups is 1. The number of hydrogen-bond acceptors (Lipinski definition) is 3. The Bertz CT molecular complexity index is 861. The van der Waals surface area contributed by atoms with E-state index in [0.29, 0.717) is 26.2 Å². The molecule has 0 aromatic heterocycles. The molecule has 0 unspecified atom stereocenters. The van der Waals surface area contributed by atoms with Crippen LogP contribution in [0, 0.1) is 0 Å². The summed E-state index contributed by atoms with van der Waals surface area (Å²) in [4.78, 5) is 18.5. The second-order valence-corrected chi connectivity index (χ2v) is 7.70. The van der Waals surface area contributed by atoms with Crippen LogP contribution in [0.3, 0.4) is 0 Å². The van der Waals surface area contributed by atoms with E-state index in [9.17, 15) is 18.0 Å². The summed E-state index contributed by atoms with van der Waals surface area (Å²) in [7, 11) is 0. The van der Waals surface area contributed by atoms with Crippen LogP contribution < -0.4 is 4.74 Å². The first-order valence-electron chi connectivity index (χ1n) is 10.0. The number of benzene rings is 2. The van der Waals surface area contributed by atoms with Gasteiger partial charge in [-0.15, -0.1) is 0 Å². The van der Waals surface area contributed by atoms with E-state index in [2.05, 4.69) is 17.0 Å². The number of ether oxygens (including phenoxy) is 1. The molecule has 2 aliphatic rings. The van der Waals surface area contributed by atoms with E-state index in [0.717, 1.165) is 31.8 Å². The molecule has 2 fully saturated rings. The van der Waals surface area contributed by atoms with Crippen molar-refractivity contribution >= 4 is 6.03 Å². The number of hydrogen-bond donors (Lipinski definition) is 0. The number of piperazine rings is 1. The Labute approximate surface area is 173 Å². The number of halogens is 3. The average Bonchev–Trinajstić information content (AvgIpc) is 2.71. The second kappa shape index (κ2) is 8.55. The van der Waals surface area contributed by atoms with Crippen LogP contribution >= 0.6 is 0 Å². The van der Waals surface area contributed by atoms with Crippen molar-refractivity contribution in [2.45, 2.75) is 18.8 Å². The van der Waals surface area contributed by atoms with Crippen LogP contribution in [0.2, 0.25) is 0 Å². The van der Waals surface area contributed by atoms with Crippen molar-refractivity contribution in [3.05, 3.63) is 65.7 Å². The lowest BCUT2D eigenvalue weighted by molar-refractivity contribution is -0.137. The summed E-state index contributed by atoms with van der Waals surface area (Å²) in [5, 5.41) is 0. The Balaban J connectivity index is 1.21. The molecule has 2 amide bonds. The fourth-order valence-corrected chi connectivity index (χ4v) is 3.75. The van der Waals surface area contributed by atoms with Crippen LogP contribution in [-0.4, -0.2) is 66.1 Å². The summed E-state index contributed by atoms with van der Waals surface area (Å²) < 4.78 is 44.0. The fraction of sp³-hybridized carbons (Fsp3) is 0.409. The Morgan fingerprint density at radius 2 is 1.63 bits per heavy atom. The van der Waals surface area contributed by atoms with Crippen molar-refractivity contribution in [2.75, 3.05) is 39.3 Å². The molecule has 0 N–H and O–H groups in total. The molecule has 2 saturated heterocycles. The maximum atomic E-state index is 12.8. The fourth-order valence-electron chi connectivity index (χ4n) is 3.75. The largest absolute Gasteiger partial charge is 0.487 e. The molecule has 0 aliphatic carbocycles. The molecule has 2 aliphatic heterocycles. The molecule has 8 heteroatoms. The highest BCUT2D eigenvalue weighted by molar-refractivity contribution is 5.75. The molecule has 4 rings (SSSR count). The summed E-state index contributed by atoms with van der Waals surface area (Å²) in [5.41, 5.74) is 0.523. The normalized spacial score (nSPS) is 18.2. The van der Waals surface area contributed by atoms with Crippen LogP contribution in [0.15, 0.2) is 54.6 Å². The van der Waals surface area contributed by atoms with Crippen LogP contribution in [0.25, 0.3) is 0 Å². The zero-order valence-corrected chi connectivity index (χ0v) is 16.5. The summed E-state index contributed by atoms with van der Waals surface area (Å²) in [6.45, 7) is 4.62. The van der Waals surface area contributed by atoms with Gasteiger partial charge >= 0.3 is 12.2 Å². The highest BCUT2D eigenvalue weighted by atomic mass is 19.4. The third-order valence-electron chi connectivity index (χ3n) is 5.47. The monoisotopic (exact) mass is 419 g/mol. The average molecular weight is 419 g/mol. The van der Waals surface area contributed by atoms with Crippen molar-refractivity contribution in [1.82, 2.24) is 14.7 Å². The lowest BCUT2D eigenvalue weighted by Gasteiger charge is -2.43. The maximum absolute atomic E-state index is 12.8. The highest BCUT2D eigenvalue weighted by Crippen LogP contribution is 2.32. The van der Waals surface area contributed by atoms with Gasteiger partial charge in [-0.1, -0.05) is 36.4 Å². The van der Waals surface area contributed by atoms with Crippen LogP contribution in [-0.2, 0) is 12.7 Å². The van der Waals surface area contributed by atoms with Crippen molar-refractivity contribution in [3.8, 4) is 5.75 Å². The molecule has 0 bridgehead atoms. The van der Waals surface area contributed by atoms with E-state index in [1.165, 1.54) is 17.7 Å². The second-order valence-electron chi connectivity index (χ2n) is 7.70. The summed E-state index contributed by atoms with van der Waals surface area (Å²) in [6.07, 6.45) is -4.68. The van der Waals surface area contributed by atoms with Crippen LogP contribution in [0.1, 0.15) is 11.1 Å².